The number of hydrogen-bond acceptors (Lipinski definition) is 7. The molecule has 1 atom stereocenters. The lowest BCUT2D eigenvalue weighted by atomic mass is 9.99. The van der Waals surface area contributed by atoms with Gasteiger partial charge in [0, 0.05) is 25.9 Å². The van der Waals surface area contributed by atoms with Gasteiger partial charge in [-0.3, -0.25) is 13.9 Å². The van der Waals surface area contributed by atoms with Gasteiger partial charge in [0.1, 0.15) is 5.75 Å². The predicted molar refractivity (Wildman–Crippen MR) is 176 cm³/mol. The highest BCUT2D eigenvalue weighted by atomic mass is 35.5. The summed E-state index contributed by atoms with van der Waals surface area (Å²) >= 11 is 14.6. The summed E-state index contributed by atoms with van der Waals surface area (Å²) in [6.07, 6.45) is -0.104. The topological polar surface area (TPSA) is 126 Å². The molecule has 222 valence electrons. The molecular formula is C30H22Cl2O7S4. The third-order valence-electron chi connectivity index (χ3n) is 6.58. The number of carbonyl (C=O) groups is 1. The van der Waals surface area contributed by atoms with Crippen molar-refractivity contribution >= 4 is 103 Å². The highest BCUT2D eigenvalue weighted by Gasteiger charge is 2.34. The Morgan fingerprint density at radius 1 is 0.744 bits per heavy atom. The third kappa shape index (κ3) is 7.62. The third-order valence-corrected chi connectivity index (χ3v) is 10.8. The van der Waals surface area contributed by atoms with Gasteiger partial charge in [-0.1, -0.05) is 65.7 Å². The van der Waals surface area contributed by atoms with Crippen LogP contribution >= 0.6 is 45.9 Å². The van der Waals surface area contributed by atoms with Gasteiger partial charge in [0.15, 0.2) is 11.0 Å². The van der Waals surface area contributed by atoms with Gasteiger partial charge in [-0.25, -0.2) is 0 Å². The van der Waals surface area contributed by atoms with Gasteiger partial charge in [-0.15, -0.1) is 22.7 Å². The van der Waals surface area contributed by atoms with E-state index in [2.05, 4.69) is 0 Å². The number of benzene rings is 4. The van der Waals surface area contributed by atoms with Crippen LogP contribution in [0.15, 0.2) is 89.6 Å². The number of halogens is 2. The smallest absolute Gasteiger partial charge is 0.279 e. The first kappa shape index (κ1) is 31.6. The molecule has 0 radical (unpaired) electrons. The molecule has 6 aromatic rings. The van der Waals surface area contributed by atoms with E-state index in [4.69, 9.17) is 27.8 Å². The minimum absolute atomic E-state index is 0.104. The zero-order valence-corrected chi connectivity index (χ0v) is 26.8. The van der Waals surface area contributed by atoms with Crippen molar-refractivity contribution in [3.63, 3.8) is 0 Å². The van der Waals surface area contributed by atoms with E-state index in [1.165, 1.54) is 22.7 Å². The number of hydrogen-bond donors (Lipinski definition) is 2. The van der Waals surface area contributed by atoms with Crippen LogP contribution in [-0.2, 0) is 37.2 Å². The lowest BCUT2D eigenvalue weighted by Gasteiger charge is -2.13. The van der Waals surface area contributed by atoms with Crippen molar-refractivity contribution < 1.29 is 30.7 Å². The molecule has 6 rings (SSSR count). The first-order valence-electron chi connectivity index (χ1n) is 12.5. The van der Waals surface area contributed by atoms with Crippen LogP contribution in [-0.4, -0.2) is 31.7 Å². The zero-order valence-electron chi connectivity index (χ0n) is 22.0. The molecule has 0 aliphatic heterocycles. The second-order valence-corrected chi connectivity index (χ2v) is 15.3. The zero-order chi connectivity index (χ0) is 30.9. The van der Waals surface area contributed by atoms with Crippen molar-refractivity contribution in [2.45, 2.75) is 17.4 Å². The van der Waals surface area contributed by atoms with Crippen molar-refractivity contribution in [2.75, 3.05) is 0 Å². The average molecular weight is 694 g/mol. The normalized spacial score (nSPS) is 12.7. The molecule has 0 bridgehead atoms. The monoisotopic (exact) mass is 692 g/mol. The van der Waals surface area contributed by atoms with E-state index >= 15 is 0 Å². The summed E-state index contributed by atoms with van der Waals surface area (Å²) in [7, 11) is -8.63. The van der Waals surface area contributed by atoms with Crippen molar-refractivity contribution in [3.8, 4) is 0 Å². The van der Waals surface area contributed by atoms with E-state index in [9.17, 15) is 26.2 Å². The Morgan fingerprint density at radius 2 is 1.35 bits per heavy atom. The van der Waals surface area contributed by atoms with E-state index in [0.29, 0.717) is 26.6 Å². The molecule has 0 amide bonds. The van der Waals surface area contributed by atoms with Crippen LogP contribution in [0, 0.1) is 0 Å². The number of ketones is 1. The average Bonchev–Trinajstić information content (AvgIpc) is 3.51. The van der Waals surface area contributed by atoms with Crippen LogP contribution in [0.3, 0.4) is 0 Å². The van der Waals surface area contributed by atoms with Crippen LogP contribution < -0.4 is 0 Å². The molecule has 4 aromatic carbocycles. The lowest BCUT2D eigenvalue weighted by Crippen LogP contribution is -2.23. The molecule has 2 N–H and O–H groups in total. The SMILES string of the molecule is O=C(Cc1ccc2ccccc2c1)C(c1csc2ccc(Cl)cc12)S(=O)(=O)O.O=S(=O)(O)Cc1csc2ccc(Cl)cc12. The fourth-order valence-electron chi connectivity index (χ4n) is 4.73. The molecule has 0 saturated heterocycles. The Morgan fingerprint density at radius 3 is 2.00 bits per heavy atom. The first-order chi connectivity index (χ1) is 20.3. The number of thiophene rings is 2. The molecule has 1 unspecified atom stereocenters. The maximum atomic E-state index is 13.0. The number of Topliss-reactive ketones (excluding diaryl/α,β-unsaturated/α-hetero) is 1. The van der Waals surface area contributed by atoms with Crippen molar-refractivity contribution in [1.29, 1.82) is 0 Å². The van der Waals surface area contributed by atoms with Crippen molar-refractivity contribution in [2.24, 2.45) is 0 Å². The fraction of sp³-hybridized carbons (Fsp3) is 0.100. The molecule has 0 fully saturated rings. The van der Waals surface area contributed by atoms with Gasteiger partial charge in [-0.05, 0) is 85.4 Å². The summed E-state index contributed by atoms with van der Waals surface area (Å²) in [5, 5.41) is 5.99. The summed E-state index contributed by atoms with van der Waals surface area (Å²) in [6.45, 7) is 0. The van der Waals surface area contributed by atoms with Gasteiger partial charge in [0.05, 0.1) is 0 Å². The van der Waals surface area contributed by atoms with E-state index < -0.39 is 31.3 Å². The van der Waals surface area contributed by atoms with Crippen molar-refractivity contribution in [3.05, 3.63) is 116 Å². The molecule has 7 nitrogen and oxygen atoms in total. The predicted octanol–water partition coefficient (Wildman–Crippen LogP) is 8.39. The summed E-state index contributed by atoms with van der Waals surface area (Å²) in [4.78, 5) is 13.0. The van der Waals surface area contributed by atoms with Crippen LogP contribution in [0.2, 0.25) is 10.0 Å². The summed E-state index contributed by atoms with van der Waals surface area (Å²) < 4.78 is 66.1. The van der Waals surface area contributed by atoms with Crippen LogP contribution in [0.4, 0.5) is 0 Å². The molecular weight excluding hydrogens is 671 g/mol. The highest BCUT2D eigenvalue weighted by molar-refractivity contribution is 7.86. The van der Waals surface area contributed by atoms with E-state index in [1.807, 2.05) is 42.5 Å². The first-order valence-corrected chi connectivity index (χ1v) is 18.2. The molecule has 0 aliphatic rings. The minimum Gasteiger partial charge on any atom is -0.297 e. The van der Waals surface area contributed by atoms with Gasteiger partial charge in [-0.2, -0.15) is 16.8 Å². The number of fused-ring (bicyclic) bond motifs is 3. The summed E-state index contributed by atoms with van der Waals surface area (Å²) in [5.74, 6) is -0.953. The van der Waals surface area contributed by atoms with E-state index in [1.54, 1.807) is 47.2 Å². The standard InChI is InChI=1S/C21H15ClO4S2.C9H7ClO3S2/c22-16-7-8-20-17(11-16)18(12-27-20)21(28(24,25)26)19(23)10-13-5-6-14-3-1-2-4-15(14)9-13;10-7-1-2-9-8(3-7)6(4-14-9)5-15(11,12)13/h1-9,11-12,21H,10H2,(H,24,25,26);1-4H,5H2,(H,11,12,13). The summed E-state index contributed by atoms with van der Waals surface area (Å²) in [5.41, 5.74) is 1.53. The fourth-order valence-corrected chi connectivity index (χ4v) is 8.74. The molecule has 2 aromatic heterocycles. The van der Waals surface area contributed by atoms with Crippen LogP contribution in [0.1, 0.15) is 21.9 Å². The molecule has 0 spiro atoms. The molecule has 43 heavy (non-hydrogen) atoms. The molecule has 2 heterocycles. The Kier molecular flexibility index (Phi) is 9.26. The largest absolute Gasteiger partial charge is 0.297 e. The second-order valence-electron chi connectivity index (χ2n) is 9.68. The summed E-state index contributed by atoms with van der Waals surface area (Å²) in [6, 6.07) is 23.6. The van der Waals surface area contributed by atoms with E-state index in [-0.39, 0.29) is 17.7 Å². The van der Waals surface area contributed by atoms with Gasteiger partial charge < -0.3 is 0 Å². The maximum absolute atomic E-state index is 13.0. The van der Waals surface area contributed by atoms with Gasteiger partial charge >= 0.3 is 0 Å². The highest BCUT2D eigenvalue weighted by Crippen LogP contribution is 2.36. The van der Waals surface area contributed by atoms with Gasteiger partial charge in [0.25, 0.3) is 20.2 Å². The van der Waals surface area contributed by atoms with Crippen LogP contribution in [0.5, 0.6) is 0 Å². The Hall–Kier alpha value is -2.87. The Labute approximate surface area is 265 Å². The van der Waals surface area contributed by atoms with Gasteiger partial charge in [0.2, 0.25) is 0 Å². The number of carbonyl (C=O) groups excluding carboxylic acids is 1. The molecule has 13 heteroatoms. The lowest BCUT2D eigenvalue weighted by molar-refractivity contribution is -0.118. The molecule has 0 saturated carbocycles. The van der Waals surface area contributed by atoms with Crippen LogP contribution in [0.25, 0.3) is 30.9 Å². The van der Waals surface area contributed by atoms with Crippen molar-refractivity contribution in [1.82, 2.24) is 0 Å². The maximum Gasteiger partial charge on any atom is 0.279 e. The van der Waals surface area contributed by atoms with E-state index in [0.717, 1.165) is 25.6 Å². The Balaban J connectivity index is 0.000000207. The number of rotatable bonds is 7. The minimum atomic E-state index is -4.64. The molecule has 0 aliphatic carbocycles. The second kappa shape index (κ2) is 12.6. The Bertz CT molecular complexity index is 2200. The quantitative estimate of drug-likeness (QED) is 0.161.